The Hall–Kier alpha value is -2.95. The maximum atomic E-state index is 13.4. The highest BCUT2D eigenvalue weighted by atomic mass is 32.2. The van der Waals surface area contributed by atoms with Crippen LogP contribution in [-0.4, -0.2) is 42.7 Å². The van der Waals surface area contributed by atoms with E-state index in [4.69, 9.17) is 4.52 Å². The van der Waals surface area contributed by atoms with Crippen LogP contribution in [0.4, 0.5) is 10.1 Å². The third kappa shape index (κ3) is 3.75. The summed E-state index contributed by atoms with van der Waals surface area (Å²) in [5.74, 6) is 0.0759. The lowest BCUT2D eigenvalue weighted by molar-refractivity contribution is 0.242. The number of hydrogen-bond donors (Lipinski definition) is 2. The molecule has 0 saturated carbocycles. The minimum absolute atomic E-state index is 0.00410. The summed E-state index contributed by atoms with van der Waals surface area (Å²) in [6, 6.07) is 6.34. The standard InChI is InChI=1S/C24H27FN4O4S/c1-15-21-12-26-29(20-7-5-19(25)6-8-20)22(21)11-17-3-4-18(24(15)17)14-28(9-10-30)34(31,32)23-13-27-33-16(23)2/h5-8,11-13,15,18,26,30H,3-4,9-10,14H2,1-2H3/t15-,18+/m0/s1. The van der Waals surface area contributed by atoms with E-state index >= 15 is 0 Å². The lowest BCUT2D eigenvalue weighted by atomic mass is 9.80. The third-order valence-electron chi connectivity index (χ3n) is 6.89. The molecule has 2 aromatic rings. The Morgan fingerprint density at radius 3 is 2.76 bits per heavy atom. The Morgan fingerprint density at radius 2 is 2.09 bits per heavy atom. The van der Waals surface area contributed by atoms with Gasteiger partial charge in [0.05, 0.1) is 24.2 Å². The molecule has 0 fully saturated rings. The van der Waals surface area contributed by atoms with E-state index in [-0.39, 0.29) is 48.0 Å². The van der Waals surface area contributed by atoms with Crippen LogP contribution in [-0.2, 0) is 10.0 Å². The molecule has 0 spiro atoms. The van der Waals surface area contributed by atoms with Gasteiger partial charge in [0.2, 0.25) is 10.0 Å². The molecule has 180 valence electrons. The van der Waals surface area contributed by atoms with Crippen LogP contribution in [0.15, 0.2) is 74.6 Å². The number of nitrogens with one attached hydrogen (secondary N) is 1. The molecule has 0 amide bonds. The molecule has 0 radical (unpaired) electrons. The highest BCUT2D eigenvalue weighted by molar-refractivity contribution is 7.89. The molecular formula is C24H27FN4O4S. The molecule has 2 N–H and O–H groups in total. The highest BCUT2D eigenvalue weighted by Crippen LogP contribution is 2.48. The number of rotatable bonds is 7. The number of halogens is 1. The fraction of sp³-hybridized carbons (Fsp3) is 0.375. The zero-order valence-electron chi connectivity index (χ0n) is 19.0. The van der Waals surface area contributed by atoms with Gasteiger partial charge in [0.25, 0.3) is 0 Å². The molecule has 0 unspecified atom stereocenters. The smallest absolute Gasteiger partial charge is 0.248 e. The van der Waals surface area contributed by atoms with Crippen molar-refractivity contribution in [3.8, 4) is 0 Å². The van der Waals surface area contributed by atoms with Gasteiger partial charge in [0.15, 0.2) is 5.76 Å². The van der Waals surface area contributed by atoms with Crippen LogP contribution >= 0.6 is 0 Å². The summed E-state index contributed by atoms with van der Waals surface area (Å²) < 4.78 is 46.3. The molecule has 1 aromatic carbocycles. The number of sulfonamides is 1. The van der Waals surface area contributed by atoms with Crippen LogP contribution in [0.25, 0.3) is 0 Å². The van der Waals surface area contributed by atoms with Crippen molar-refractivity contribution in [3.63, 3.8) is 0 Å². The van der Waals surface area contributed by atoms with Gasteiger partial charge in [-0.05, 0) is 61.6 Å². The van der Waals surface area contributed by atoms with Crippen molar-refractivity contribution >= 4 is 15.7 Å². The summed E-state index contributed by atoms with van der Waals surface area (Å²) in [5.41, 5.74) is 8.70. The molecule has 2 heterocycles. The highest BCUT2D eigenvalue weighted by Gasteiger charge is 2.40. The summed E-state index contributed by atoms with van der Waals surface area (Å²) in [5, 5.41) is 15.1. The number of aliphatic hydroxyl groups excluding tert-OH is 1. The van der Waals surface area contributed by atoms with E-state index in [9.17, 15) is 17.9 Å². The van der Waals surface area contributed by atoms with Gasteiger partial charge < -0.3 is 15.1 Å². The Labute approximate surface area is 198 Å². The molecule has 1 aliphatic heterocycles. The molecule has 0 saturated heterocycles. The SMILES string of the molecule is Cc1oncc1S(=O)(=O)N(CCO)C[C@H]1CCC2=C1[C@@H](C)C1=CNN(c3ccc(F)cc3)C1=C2. The van der Waals surface area contributed by atoms with E-state index in [1.165, 1.54) is 33.8 Å². The number of fused-ring (bicyclic) bond motifs is 1. The number of aromatic nitrogens is 1. The first-order valence-corrected chi connectivity index (χ1v) is 12.7. The summed E-state index contributed by atoms with van der Waals surface area (Å²) in [7, 11) is -3.85. The monoisotopic (exact) mass is 486 g/mol. The number of allylic oxidation sites excluding steroid dienone is 3. The summed E-state index contributed by atoms with van der Waals surface area (Å²) in [6.45, 7) is 3.71. The van der Waals surface area contributed by atoms with E-state index in [2.05, 4.69) is 23.6 Å². The van der Waals surface area contributed by atoms with Crippen LogP contribution in [0.1, 0.15) is 25.5 Å². The van der Waals surface area contributed by atoms with Crippen LogP contribution in [0.2, 0.25) is 0 Å². The minimum Gasteiger partial charge on any atom is -0.395 e. The molecule has 10 heteroatoms. The zero-order chi connectivity index (χ0) is 24.0. The molecule has 0 bridgehead atoms. The molecule has 8 nitrogen and oxygen atoms in total. The van der Waals surface area contributed by atoms with E-state index in [0.29, 0.717) is 0 Å². The summed E-state index contributed by atoms with van der Waals surface area (Å²) in [4.78, 5) is 0.0321. The number of nitrogens with zero attached hydrogens (tertiary/aromatic N) is 3. The molecule has 2 aliphatic carbocycles. The first-order valence-electron chi connectivity index (χ1n) is 11.3. The van der Waals surface area contributed by atoms with Gasteiger partial charge in [-0.3, -0.25) is 5.01 Å². The van der Waals surface area contributed by atoms with Gasteiger partial charge in [-0.2, -0.15) is 4.31 Å². The van der Waals surface area contributed by atoms with Gasteiger partial charge in [-0.25, -0.2) is 12.8 Å². The molecule has 34 heavy (non-hydrogen) atoms. The van der Waals surface area contributed by atoms with Crippen molar-refractivity contribution in [2.45, 2.75) is 31.6 Å². The van der Waals surface area contributed by atoms with Gasteiger partial charge in [0, 0.05) is 30.8 Å². The maximum absolute atomic E-state index is 13.4. The normalized spacial score (nSPS) is 22.0. The summed E-state index contributed by atoms with van der Waals surface area (Å²) in [6.07, 6.45) is 7.00. The van der Waals surface area contributed by atoms with Crippen molar-refractivity contribution in [2.75, 3.05) is 24.7 Å². The van der Waals surface area contributed by atoms with Gasteiger partial charge in [0.1, 0.15) is 10.7 Å². The number of anilines is 1. The first kappa shape index (κ1) is 22.8. The predicted octanol–water partition coefficient (Wildman–Crippen LogP) is 3.25. The van der Waals surface area contributed by atoms with Crippen molar-refractivity contribution in [3.05, 3.63) is 76.7 Å². The van der Waals surface area contributed by atoms with Gasteiger partial charge >= 0.3 is 0 Å². The van der Waals surface area contributed by atoms with Crippen molar-refractivity contribution in [1.82, 2.24) is 14.9 Å². The minimum atomic E-state index is -3.85. The fourth-order valence-electron chi connectivity index (χ4n) is 5.25. The number of aryl methyl sites for hydroxylation is 1. The van der Waals surface area contributed by atoms with E-state index < -0.39 is 10.0 Å². The molecular weight excluding hydrogens is 459 g/mol. The number of aliphatic hydroxyl groups is 1. The Balaban J connectivity index is 1.44. The fourth-order valence-corrected chi connectivity index (χ4v) is 6.80. The quantitative estimate of drug-likeness (QED) is 0.620. The second-order valence-electron chi connectivity index (χ2n) is 8.84. The molecule has 5 rings (SSSR count). The Kier molecular flexibility index (Phi) is 5.83. The van der Waals surface area contributed by atoms with Crippen LogP contribution in [0.3, 0.4) is 0 Å². The molecule has 3 aliphatic rings. The lowest BCUT2D eigenvalue weighted by Gasteiger charge is -2.31. The van der Waals surface area contributed by atoms with E-state index in [1.807, 2.05) is 11.2 Å². The van der Waals surface area contributed by atoms with Gasteiger partial charge in [-0.1, -0.05) is 17.7 Å². The predicted molar refractivity (Wildman–Crippen MR) is 124 cm³/mol. The van der Waals surface area contributed by atoms with Crippen molar-refractivity contribution < 1.29 is 22.4 Å². The topological polar surface area (TPSA) is 98.9 Å². The average molecular weight is 487 g/mol. The zero-order valence-corrected chi connectivity index (χ0v) is 19.8. The Bertz CT molecular complexity index is 1300. The summed E-state index contributed by atoms with van der Waals surface area (Å²) >= 11 is 0. The largest absolute Gasteiger partial charge is 0.395 e. The van der Waals surface area contributed by atoms with Crippen LogP contribution in [0.5, 0.6) is 0 Å². The third-order valence-corrected chi connectivity index (χ3v) is 8.85. The van der Waals surface area contributed by atoms with Crippen molar-refractivity contribution in [1.29, 1.82) is 0 Å². The van der Waals surface area contributed by atoms with E-state index in [0.717, 1.165) is 29.8 Å². The second-order valence-corrected chi connectivity index (χ2v) is 10.7. The number of hydrogen-bond acceptors (Lipinski definition) is 7. The number of hydrazine groups is 1. The van der Waals surface area contributed by atoms with Gasteiger partial charge in [-0.15, -0.1) is 0 Å². The van der Waals surface area contributed by atoms with E-state index in [1.54, 1.807) is 19.1 Å². The first-order chi connectivity index (χ1) is 16.3. The second kappa shape index (κ2) is 8.68. The molecule has 1 aromatic heterocycles. The van der Waals surface area contributed by atoms with Crippen LogP contribution in [0, 0.1) is 24.6 Å². The van der Waals surface area contributed by atoms with Crippen molar-refractivity contribution in [2.24, 2.45) is 11.8 Å². The number of benzene rings is 1. The molecule has 2 atom stereocenters. The Morgan fingerprint density at radius 1 is 1.32 bits per heavy atom. The van der Waals surface area contributed by atoms with Crippen LogP contribution < -0.4 is 10.4 Å². The average Bonchev–Trinajstić information content (AvgIpc) is 3.53. The maximum Gasteiger partial charge on any atom is 0.248 e. The lowest BCUT2D eigenvalue weighted by Crippen LogP contribution is -2.38.